The van der Waals surface area contributed by atoms with E-state index in [1.165, 1.54) is 0 Å². The zero-order valence-electron chi connectivity index (χ0n) is 16.0. The van der Waals surface area contributed by atoms with Crippen molar-refractivity contribution < 1.29 is 14.0 Å². The Kier molecular flexibility index (Phi) is 6.26. The van der Waals surface area contributed by atoms with E-state index in [4.69, 9.17) is 4.42 Å². The molecule has 7 heteroatoms. The maximum Gasteiger partial charge on any atom is 0.309 e. The van der Waals surface area contributed by atoms with Gasteiger partial charge in [0, 0.05) is 18.8 Å². The molecule has 1 unspecified atom stereocenters. The van der Waals surface area contributed by atoms with Crippen molar-refractivity contribution in [1.82, 2.24) is 20.4 Å². The fraction of sp³-hybridized carbons (Fsp3) is 0.286. The standard InChI is InChI=1S/C21H24N4O3/c1-15-13-16(2)25(24-15)18(19-9-6-12-28-19)14-23-21(27)20(26)22-11-10-17-7-4-3-5-8-17/h3-9,12-13,18H,10-11,14H2,1-2H3,(H,22,26)(H,23,27). The highest BCUT2D eigenvalue weighted by molar-refractivity contribution is 6.35. The van der Waals surface area contributed by atoms with Crippen molar-refractivity contribution in [3.05, 3.63) is 77.5 Å². The Morgan fingerprint density at radius 2 is 1.82 bits per heavy atom. The Morgan fingerprint density at radius 3 is 2.46 bits per heavy atom. The van der Waals surface area contributed by atoms with Crippen molar-refractivity contribution in [2.24, 2.45) is 0 Å². The number of aryl methyl sites for hydroxylation is 2. The average molecular weight is 380 g/mol. The fourth-order valence-electron chi connectivity index (χ4n) is 3.07. The first-order valence-electron chi connectivity index (χ1n) is 9.20. The molecule has 0 aliphatic rings. The summed E-state index contributed by atoms with van der Waals surface area (Å²) in [6.45, 7) is 4.44. The van der Waals surface area contributed by atoms with E-state index in [0.717, 1.165) is 17.0 Å². The Hall–Kier alpha value is -3.35. The van der Waals surface area contributed by atoms with E-state index in [1.807, 2.05) is 56.3 Å². The number of nitrogens with one attached hydrogen (secondary N) is 2. The van der Waals surface area contributed by atoms with Gasteiger partial charge in [-0.15, -0.1) is 0 Å². The normalized spacial score (nSPS) is 11.8. The minimum Gasteiger partial charge on any atom is -0.467 e. The molecule has 0 radical (unpaired) electrons. The summed E-state index contributed by atoms with van der Waals surface area (Å²) in [7, 11) is 0. The number of rotatable bonds is 7. The highest BCUT2D eigenvalue weighted by Crippen LogP contribution is 2.20. The molecule has 0 saturated carbocycles. The molecule has 0 spiro atoms. The van der Waals surface area contributed by atoms with Crippen molar-refractivity contribution in [1.29, 1.82) is 0 Å². The van der Waals surface area contributed by atoms with Crippen LogP contribution in [0.5, 0.6) is 0 Å². The predicted octanol–water partition coefficient (Wildman–Crippen LogP) is 2.16. The summed E-state index contributed by atoms with van der Waals surface area (Å²) in [5.74, 6) is -0.662. The molecule has 2 N–H and O–H groups in total. The van der Waals surface area contributed by atoms with Gasteiger partial charge in [0.15, 0.2) is 0 Å². The molecular formula is C21H24N4O3. The van der Waals surface area contributed by atoms with Gasteiger partial charge in [0.2, 0.25) is 0 Å². The molecule has 146 valence electrons. The van der Waals surface area contributed by atoms with Gasteiger partial charge in [0.1, 0.15) is 11.8 Å². The fourth-order valence-corrected chi connectivity index (χ4v) is 3.07. The number of nitrogens with zero attached hydrogens (tertiary/aromatic N) is 2. The van der Waals surface area contributed by atoms with Crippen LogP contribution in [-0.4, -0.2) is 34.7 Å². The molecule has 3 aromatic rings. The first-order valence-corrected chi connectivity index (χ1v) is 9.20. The number of amides is 2. The van der Waals surface area contributed by atoms with Gasteiger partial charge in [0.25, 0.3) is 0 Å². The second-order valence-corrected chi connectivity index (χ2v) is 6.60. The Labute approximate surface area is 163 Å². The summed E-state index contributed by atoms with van der Waals surface area (Å²) >= 11 is 0. The van der Waals surface area contributed by atoms with Crippen LogP contribution < -0.4 is 10.6 Å². The molecule has 0 bridgehead atoms. The van der Waals surface area contributed by atoms with Crippen molar-refractivity contribution in [3.63, 3.8) is 0 Å². The van der Waals surface area contributed by atoms with Crippen molar-refractivity contribution in [2.45, 2.75) is 26.3 Å². The van der Waals surface area contributed by atoms with E-state index in [1.54, 1.807) is 17.0 Å². The predicted molar refractivity (Wildman–Crippen MR) is 105 cm³/mol. The zero-order valence-corrected chi connectivity index (χ0v) is 16.0. The topological polar surface area (TPSA) is 89.2 Å². The van der Waals surface area contributed by atoms with E-state index < -0.39 is 11.8 Å². The SMILES string of the molecule is Cc1cc(C)n(C(CNC(=O)C(=O)NCCc2ccccc2)c2ccco2)n1. The number of carbonyl (C=O) groups excluding carboxylic acids is 2. The number of aromatic nitrogens is 2. The van der Waals surface area contributed by atoms with Gasteiger partial charge < -0.3 is 15.1 Å². The van der Waals surface area contributed by atoms with E-state index in [0.29, 0.717) is 18.7 Å². The van der Waals surface area contributed by atoms with Crippen LogP contribution in [0.15, 0.2) is 59.2 Å². The third-order valence-electron chi connectivity index (χ3n) is 4.42. The minimum atomic E-state index is -0.675. The molecular weight excluding hydrogens is 356 g/mol. The highest BCUT2D eigenvalue weighted by Gasteiger charge is 2.22. The molecule has 2 amide bonds. The van der Waals surface area contributed by atoms with Crippen LogP contribution in [0.4, 0.5) is 0 Å². The second kappa shape index (κ2) is 9.03. The van der Waals surface area contributed by atoms with Crippen LogP contribution in [-0.2, 0) is 16.0 Å². The number of furan rings is 1. The summed E-state index contributed by atoms with van der Waals surface area (Å²) in [5.41, 5.74) is 2.92. The Morgan fingerprint density at radius 1 is 1.07 bits per heavy atom. The molecule has 28 heavy (non-hydrogen) atoms. The van der Waals surface area contributed by atoms with Gasteiger partial charge in [-0.05, 0) is 44.0 Å². The van der Waals surface area contributed by atoms with Gasteiger partial charge in [-0.1, -0.05) is 30.3 Å². The van der Waals surface area contributed by atoms with Gasteiger partial charge in [-0.25, -0.2) is 0 Å². The van der Waals surface area contributed by atoms with Crippen LogP contribution in [0.25, 0.3) is 0 Å². The number of benzene rings is 1. The lowest BCUT2D eigenvalue weighted by atomic mass is 10.1. The van der Waals surface area contributed by atoms with Crippen molar-refractivity contribution >= 4 is 11.8 Å². The van der Waals surface area contributed by atoms with E-state index in [9.17, 15) is 9.59 Å². The summed E-state index contributed by atoms with van der Waals surface area (Å²) in [5, 5.41) is 9.81. The molecule has 0 aliphatic carbocycles. The Balaban J connectivity index is 1.56. The summed E-state index contributed by atoms with van der Waals surface area (Å²) < 4.78 is 7.30. The summed E-state index contributed by atoms with van der Waals surface area (Å²) in [6.07, 6.45) is 2.24. The molecule has 1 atom stereocenters. The molecule has 1 aromatic carbocycles. The number of hydrogen-bond donors (Lipinski definition) is 2. The molecule has 2 aromatic heterocycles. The third-order valence-corrected chi connectivity index (χ3v) is 4.42. The second-order valence-electron chi connectivity index (χ2n) is 6.60. The lowest BCUT2D eigenvalue weighted by Gasteiger charge is -2.18. The van der Waals surface area contributed by atoms with Crippen LogP contribution in [0.2, 0.25) is 0 Å². The first kappa shape index (κ1) is 19.4. The van der Waals surface area contributed by atoms with Crippen LogP contribution in [0, 0.1) is 13.8 Å². The maximum atomic E-state index is 12.2. The van der Waals surface area contributed by atoms with Crippen LogP contribution in [0.3, 0.4) is 0 Å². The minimum absolute atomic E-state index is 0.195. The van der Waals surface area contributed by atoms with Gasteiger partial charge in [-0.2, -0.15) is 5.10 Å². The van der Waals surface area contributed by atoms with Crippen LogP contribution >= 0.6 is 0 Å². The molecule has 7 nitrogen and oxygen atoms in total. The summed E-state index contributed by atoms with van der Waals surface area (Å²) in [6, 6.07) is 15.0. The average Bonchev–Trinajstić information content (AvgIpc) is 3.33. The lowest BCUT2D eigenvalue weighted by Crippen LogP contribution is -2.42. The van der Waals surface area contributed by atoms with E-state index >= 15 is 0 Å². The van der Waals surface area contributed by atoms with Gasteiger partial charge >= 0.3 is 11.8 Å². The highest BCUT2D eigenvalue weighted by atomic mass is 16.3. The lowest BCUT2D eigenvalue weighted by molar-refractivity contribution is -0.139. The number of hydrogen-bond acceptors (Lipinski definition) is 4. The quantitative estimate of drug-likeness (QED) is 0.615. The number of carbonyl (C=O) groups is 2. The monoisotopic (exact) mass is 380 g/mol. The van der Waals surface area contributed by atoms with Crippen molar-refractivity contribution in [2.75, 3.05) is 13.1 Å². The molecule has 0 saturated heterocycles. The molecule has 2 heterocycles. The smallest absolute Gasteiger partial charge is 0.309 e. The Bertz CT molecular complexity index is 917. The van der Waals surface area contributed by atoms with E-state index in [2.05, 4.69) is 15.7 Å². The molecule has 0 fully saturated rings. The summed E-state index contributed by atoms with van der Waals surface area (Å²) in [4.78, 5) is 24.3. The van der Waals surface area contributed by atoms with E-state index in [-0.39, 0.29) is 12.6 Å². The molecule has 0 aliphatic heterocycles. The third kappa shape index (κ3) is 4.88. The first-order chi connectivity index (χ1) is 13.5. The van der Waals surface area contributed by atoms with Crippen LogP contribution in [0.1, 0.15) is 28.8 Å². The van der Waals surface area contributed by atoms with Crippen molar-refractivity contribution in [3.8, 4) is 0 Å². The van der Waals surface area contributed by atoms with Gasteiger partial charge in [-0.3, -0.25) is 14.3 Å². The molecule has 3 rings (SSSR count). The zero-order chi connectivity index (χ0) is 19.9. The largest absolute Gasteiger partial charge is 0.467 e. The van der Waals surface area contributed by atoms with Gasteiger partial charge in [0.05, 0.1) is 12.0 Å². The maximum absolute atomic E-state index is 12.2.